The van der Waals surface area contributed by atoms with E-state index in [4.69, 9.17) is 24.5 Å². The highest BCUT2D eigenvalue weighted by molar-refractivity contribution is 5.93. The predicted molar refractivity (Wildman–Crippen MR) is 268 cm³/mol. The summed E-state index contributed by atoms with van der Waals surface area (Å²) >= 11 is 0. The molecule has 5 aromatic carbocycles. The molecule has 1 atom stereocenters. The molecule has 7 rings (SSSR count). The van der Waals surface area contributed by atoms with E-state index in [-0.39, 0.29) is 42.2 Å². The van der Waals surface area contributed by atoms with Crippen LogP contribution in [0.4, 0.5) is 42.5 Å². The fourth-order valence-corrected chi connectivity index (χ4v) is 7.64. The molecule has 404 valence electrons. The van der Waals surface area contributed by atoms with Gasteiger partial charge in [-0.2, -0.15) is 26.3 Å². The Balaban J connectivity index is 0.000000671. The second-order valence-corrected chi connectivity index (χ2v) is 17.2. The van der Waals surface area contributed by atoms with E-state index < -0.39 is 36.5 Å². The van der Waals surface area contributed by atoms with E-state index in [1.165, 1.54) is 12.1 Å². The van der Waals surface area contributed by atoms with E-state index in [0.717, 1.165) is 46.6 Å². The van der Waals surface area contributed by atoms with Crippen LogP contribution in [0.2, 0.25) is 0 Å². The summed E-state index contributed by atoms with van der Waals surface area (Å²) in [6.07, 6.45) is -9.71. The molecule has 1 saturated heterocycles. The Morgan fingerprint density at radius 1 is 0.750 bits per heavy atom. The van der Waals surface area contributed by atoms with Crippen LogP contribution in [0.3, 0.4) is 0 Å². The second-order valence-electron chi connectivity index (χ2n) is 17.2. The van der Waals surface area contributed by atoms with Crippen molar-refractivity contribution in [2.75, 3.05) is 43.4 Å². The number of halogens is 6. The van der Waals surface area contributed by atoms with Gasteiger partial charge in [0.1, 0.15) is 11.9 Å². The Kier molecular flexibility index (Phi) is 21.1. The molecule has 0 unspecified atom stereocenters. The molecule has 0 bridgehead atoms. The lowest BCUT2D eigenvalue weighted by Crippen LogP contribution is -2.40. The van der Waals surface area contributed by atoms with Gasteiger partial charge in [0.2, 0.25) is 17.4 Å². The number of carbonyl (C=O) groups excluding carboxylic acids is 3. The lowest BCUT2D eigenvalue weighted by Gasteiger charge is -2.31. The number of rotatable bonds is 16. The number of anilines is 2. The molecule has 76 heavy (non-hydrogen) atoms. The van der Waals surface area contributed by atoms with Crippen LogP contribution in [0.5, 0.6) is 5.75 Å². The van der Waals surface area contributed by atoms with Gasteiger partial charge in [-0.3, -0.25) is 19.7 Å². The number of para-hydroxylation sites is 1. The quantitative estimate of drug-likeness (QED) is 0.0430. The Morgan fingerprint density at radius 3 is 1.93 bits per heavy atom. The van der Waals surface area contributed by atoms with Gasteiger partial charge < -0.3 is 50.6 Å². The number of nitrogens with zero attached hydrogens (tertiary/aromatic N) is 2. The highest BCUT2D eigenvalue weighted by atomic mass is 19.4. The first-order valence-electron chi connectivity index (χ1n) is 23.4. The molecule has 6 aromatic rings. The molecule has 23 heteroatoms. The van der Waals surface area contributed by atoms with Crippen molar-refractivity contribution in [1.82, 2.24) is 20.5 Å². The van der Waals surface area contributed by atoms with E-state index in [1.54, 1.807) is 24.1 Å². The van der Waals surface area contributed by atoms with Crippen molar-refractivity contribution >= 4 is 52.1 Å². The number of aliphatic hydroxyl groups excluding tert-OH is 1. The monoisotopic (exact) mass is 1060 g/mol. The number of aromatic amines is 1. The van der Waals surface area contributed by atoms with Gasteiger partial charge in [-0.1, -0.05) is 91.0 Å². The van der Waals surface area contributed by atoms with Crippen LogP contribution in [0, 0.1) is 0 Å². The third kappa shape index (κ3) is 18.3. The summed E-state index contributed by atoms with van der Waals surface area (Å²) in [5, 5.41) is 44.9. The number of hydrogen-bond donors (Lipinski definition) is 8. The maximum Gasteiger partial charge on any atom is 0.490 e. The number of ether oxygens (including phenoxy) is 1. The molecule has 0 saturated carbocycles. The van der Waals surface area contributed by atoms with E-state index in [1.807, 2.05) is 103 Å². The topological polar surface area (TPSA) is 251 Å². The molecule has 3 amide bonds. The summed E-state index contributed by atoms with van der Waals surface area (Å²) in [5.74, 6) is -5.68. The van der Waals surface area contributed by atoms with Gasteiger partial charge in [-0.05, 0) is 71.0 Å². The average Bonchev–Trinajstić information content (AvgIpc) is 3.38. The maximum atomic E-state index is 13.1. The molecule has 0 spiro atoms. The van der Waals surface area contributed by atoms with Crippen LogP contribution >= 0.6 is 0 Å². The highest BCUT2D eigenvalue weighted by Crippen LogP contribution is 2.30. The van der Waals surface area contributed by atoms with Gasteiger partial charge in [0, 0.05) is 75.4 Å². The summed E-state index contributed by atoms with van der Waals surface area (Å²) in [7, 11) is 1.77. The molecule has 0 aliphatic carbocycles. The number of piperidine rings is 1. The lowest BCUT2D eigenvalue weighted by atomic mass is 10.0. The number of fused-ring (bicyclic) bond motifs is 1. The maximum absolute atomic E-state index is 13.1. The van der Waals surface area contributed by atoms with Crippen LogP contribution in [0.25, 0.3) is 22.0 Å². The summed E-state index contributed by atoms with van der Waals surface area (Å²) in [6, 6.07) is 38.9. The second kappa shape index (κ2) is 27.3. The number of aromatic hydroxyl groups is 1. The summed E-state index contributed by atoms with van der Waals surface area (Å²) in [4.78, 5) is 74.7. The zero-order valence-corrected chi connectivity index (χ0v) is 40.7. The van der Waals surface area contributed by atoms with Crippen LogP contribution in [-0.2, 0) is 43.4 Å². The number of benzene rings is 5. The number of likely N-dealkylation sites (tertiary alicyclic amines) is 1. The van der Waals surface area contributed by atoms with Crippen molar-refractivity contribution in [3.05, 3.63) is 160 Å². The highest BCUT2D eigenvalue weighted by Gasteiger charge is 2.39. The number of carboxylic acids is 2. The van der Waals surface area contributed by atoms with Crippen molar-refractivity contribution < 1.29 is 75.5 Å². The molecule has 8 N–H and O–H groups in total. The predicted octanol–water partition coefficient (Wildman–Crippen LogP) is 7.92. The van der Waals surface area contributed by atoms with Crippen molar-refractivity contribution in [3.63, 3.8) is 0 Å². The van der Waals surface area contributed by atoms with E-state index in [9.17, 15) is 55.7 Å². The fourth-order valence-electron chi connectivity index (χ4n) is 7.64. The molecule has 2 heterocycles. The Hall–Kier alpha value is -8.28. The minimum absolute atomic E-state index is 0.00246. The number of aliphatic hydroxyl groups is 1. The number of aromatic nitrogens is 1. The van der Waals surface area contributed by atoms with E-state index in [2.05, 4.69) is 25.8 Å². The van der Waals surface area contributed by atoms with Crippen molar-refractivity contribution in [2.24, 2.45) is 0 Å². The number of pyridine rings is 1. The number of amides is 3. The fraction of sp³-hybridized carbons (Fsp3) is 0.283. The van der Waals surface area contributed by atoms with Crippen molar-refractivity contribution in [1.29, 1.82) is 0 Å². The zero-order chi connectivity index (χ0) is 55.6. The summed E-state index contributed by atoms with van der Waals surface area (Å²) in [6.45, 7) is 3.20. The normalized spacial score (nSPS) is 13.2. The molecular formula is C53H54F6N6O11. The first-order chi connectivity index (χ1) is 36.0. The molecule has 1 aliphatic rings. The third-order valence-corrected chi connectivity index (χ3v) is 11.7. The lowest BCUT2D eigenvalue weighted by molar-refractivity contribution is -0.193. The van der Waals surface area contributed by atoms with Gasteiger partial charge in [-0.15, -0.1) is 0 Å². The summed E-state index contributed by atoms with van der Waals surface area (Å²) < 4.78 is 69.2. The number of hydrogen-bond acceptors (Lipinski definition) is 11. The Morgan fingerprint density at radius 2 is 1.32 bits per heavy atom. The molecule has 1 aromatic heterocycles. The molecule has 1 aliphatic heterocycles. The number of nitrogens with one attached hydrogen (secondary N) is 4. The molecule has 17 nitrogen and oxygen atoms in total. The number of phenols is 1. The average molecular weight is 1070 g/mol. The third-order valence-electron chi connectivity index (χ3n) is 11.7. The van der Waals surface area contributed by atoms with E-state index in [0.29, 0.717) is 61.1 Å². The van der Waals surface area contributed by atoms with Crippen molar-refractivity contribution in [2.45, 2.75) is 63.3 Å². The largest absolute Gasteiger partial charge is 0.506 e. The standard InChI is InChI=1S/C49H52N6O7.2C2HF3O2/c1-54(47(60)25-28-55-26-23-38(24-27-55)62-49(61)52-42-10-6-5-9-39(42)36-7-3-2-4-8-36)37-17-15-35(16-18-37)31-51-46(59)29-33-11-13-34(14-12-33)30-50-32-44(57)40-19-21-43(56)48-41(40)20-22-45(58)53-48;2*3-2(4,5)1(6)7/h2-22,38,44,50,56-57H,23-32H2,1H3,(H,51,59)(H,52,61)(H,53,58);2*(H,6,7)/t44-;;/m0../s1. The Bertz CT molecular complexity index is 2940. The van der Waals surface area contributed by atoms with Gasteiger partial charge in [0.25, 0.3) is 0 Å². The first-order valence-corrected chi connectivity index (χ1v) is 23.4. The Labute approximate surface area is 430 Å². The smallest absolute Gasteiger partial charge is 0.490 e. The first kappa shape index (κ1) is 58.6. The molecule has 1 fully saturated rings. The zero-order valence-electron chi connectivity index (χ0n) is 40.7. The number of carboxylic acid groups (broad SMARTS) is 2. The van der Waals surface area contributed by atoms with Crippen LogP contribution in [0.15, 0.2) is 132 Å². The number of phenolic OH excluding ortho intramolecular Hbond substituents is 1. The number of alkyl halides is 6. The number of aliphatic carboxylic acids is 2. The molecular weight excluding hydrogens is 1010 g/mol. The van der Waals surface area contributed by atoms with Gasteiger partial charge in [0.15, 0.2) is 0 Å². The van der Waals surface area contributed by atoms with E-state index >= 15 is 0 Å². The summed E-state index contributed by atoms with van der Waals surface area (Å²) in [5.41, 5.74) is 6.73. The number of carbonyl (C=O) groups is 5. The van der Waals surface area contributed by atoms with Gasteiger partial charge in [0.05, 0.1) is 23.7 Å². The van der Waals surface area contributed by atoms with Gasteiger partial charge >= 0.3 is 30.4 Å². The van der Waals surface area contributed by atoms with Crippen LogP contribution in [-0.4, -0.2) is 112 Å². The van der Waals surface area contributed by atoms with Crippen LogP contribution in [0.1, 0.15) is 47.6 Å². The minimum atomic E-state index is -5.08. The number of H-pyrrole nitrogens is 1. The SMILES string of the molecule is CN(C(=O)CCN1CCC(OC(=O)Nc2ccccc2-c2ccccc2)CC1)c1ccc(CNC(=O)Cc2ccc(CNC[C@H](O)c3ccc(O)c4[nH]c(=O)ccc34)cc2)cc1.O=C(O)C(F)(F)F.O=C(O)C(F)(F)F. The van der Waals surface area contributed by atoms with Crippen LogP contribution < -0.4 is 26.4 Å². The van der Waals surface area contributed by atoms with Crippen molar-refractivity contribution in [3.8, 4) is 16.9 Å². The van der Waals surface area contributed by atoms with Gasteiger partial charge in [-0.25, -0.2) is 14.4 Å². The molecule has 0 radical (unpaired) electrons. The minimum Gasteiger partial charge on any atom is -0.506 e.